The van der Waals surface area contributed by atoms with E-state index in [0.29, 0.717) is 18.7 Å². The predicted molar refractivity (Wildman–Crippen MR) is 92.7 cm³/mol. The van der Waals surface area contributed by atoms with Gasteiger partial charge in [-0.25, -0.2) is 4.39 Å². The summed E-state index contributed by atoms with van der Waals surface area (Å²) in [4.78, 5) is 24.2. The monoisotopic (exact) mass is 348 g/mol. The molecule has 3 rings (SSSR count). The zero-order valence-electron chi connectivity index (χ0n) is 14.2. The first-order valence-electron chi connectivity index (χ1n) is 8.84. The molecule has 0 aliphatic carbocycles. The summed E-state index contributed by atoms with van der Waals surface area (Å²) in [5, 5.41) is 12.3. The smallest absolute Gasteiger partial charge is 0.251 e. The van der Waals surface area contributed by atoms with E-state index in [-0.39, 0.29) is 29.1 Å². The number of piperidine rings is 1. The molecule has 7 heteroatoms. The van der Waals surface area contributed by atoms with E-state index < -0.39 is 0 Å². The van der Waals surface area contributed by atoms with Crippen molar-refractivity contribution in [2.45, 2.75) is 25.3 Å². The first kappa shape index (κ1) is 17.8. The van der Waals surface area contributed by atoms with Crippen molar-refractivity contribution in [3.05, 3.63) is 35.6 Å². The minimum Gasteiger partial charge on any atom is -0.353 e. The van der Waals surface area contributed by atoms with Gasteiger partial charge in [-0.15, -0.1) is 0 Å². The zero-order valence-corrected chi connectivity index (χ0v) is 14.2. The highest BCUT2D eigenvalue weighted by atomic mass is 19.1. The summed E-state index contributed by atoms with van der Waals surface area (Å²) in [5.41, 5.74) is 0.655. The maximum Gasteiger partial charge on any atom is 0.251 e. The molecule has 0 unspecified atom stereocenters. The van der Waals surface area contributed by atoms with E-state index in [2.05, 4.69) is 21.3 Å². The molecule has 2 amide bonds. The van der Waals surface area contributed by atoms with Gasteiger partial charge >= 0.3 is 0 Å². The van der Waals surface area contributed by atoms with E-state index in [4.69, 9.17) is 0 Å². The average Bonchev–Trinajstić information content (AvgIpc) is 3.03. The highest BCUT2D eigenvalue weighted by Crippen LogP contribution is 2.37. The van der Waals surface area contributed by atoms with Gasteiger partial charge in [0.25, 0.3) is 5.91 Å². The van der Waals surface area contributed by atoms with E-state index in [1.807, 2.05) is 0 Å². The van der Waals surface area contributed by atoms with E-state index in [1.54, 1.807) is 0 Å². The van der Waals surface area contributed by atoms with Crippen LogP contribution in [0.1, 0.15) is 29.6 Å². The summed E-state index contributed by atoms with van der Waals surface area (Å²) in [6.45, 7) is 3.65. The highest BCUT2D eigenvalue weighted by molar-refractivity contribution is 5.94. The maximum absolute atomic E-state index is 12.8. The van der Waals surface area contributed by atoms with Gasteiger partial charge in [-0.3, -0.25) is 9.59 Å². The summed E-state index contributed by atoms with van der Waals surface area (Å²) in [6.07, 6.45) is 3.09. The summed E-state index contributed by atoms with van der Waals surface area (Å²) >= 11 is 0. The molecular weight excluding hydrogens is 323 g/mol. The third kappa shape index (κ3) is 4.55. The summed E-state index contributed by atoms with van der Waals surface area (Å²) in [7, 11) is 0. The zero-order chi connectivity index (χ0) is 17.7. The van der Waals surface area contributed by atoms with Crippen molar-refractivity contribution in [1.82, 2.24) is 21.3 Å². The van der Waals surface area contributed by atoms with Crippen LogP contribution in [0.15, 0.2) is 24.3 Å². The third-order valence-electron chi connectivity index (χ3n) is 5.16. The molecule has 136 valence electrons. The minimum atomic E-state index is -0.376. The Hall–Kier alpha value is -1.99. The van der Waals surface area contributed by atoms with Gasteiger partial charge in [0.15, 0.2) is 0 Å². The third-order valence-corrected chi connectivity index (χ3v) is 5.16. The fraction of sp³-hybridized carbons (Fsp3) is 0.556. The summed E-state index contributed by atoms with van der Waals surface area (Å²) in [6, 6.07) is 5.22. The number of carbonyl (C=O) groups excluding carboxylic acids is 2. The van der Waals surface area contributed by atoms with Gasteiger partial charge < -0.3 is 21.3 Å². The van der Waals surface area contributed by atoms with Crippen LogP contribution in [0.3, 0.4) is 0 Å². The van der Waals surface area contributed by atoms with E-state index >= 15 is 0 Å². The Morgan fingerprint density at radius 2 is 1.80 bits per heavy atom. The van der Waals surface area contributed by atoms with Gasteiger partial charge in [-0.1, -0.05) is 0 Å². The van der Waals surface area contributed by atoms with Crippen molar-refractivity contribution in [3.63, 3.8) is 0 Å². The first-order chi connectivity index (χ1) is 12.1. The Morgan fingerprint density at radius 1 is 1.12 bits per heavy atom. The van der Waals surface area contributed by atoms with E-state index in [9.17, 15) is 14.0 Å². The van der Waals surface area contributed by atoms with Gasteiger partial charge in [0, 0.05) is 25.2 Å². The van der Waals surface area contributed by atoms with Crippen molar-refractivity contribution in [1.29, 1.82) is 0 Å². The van der Waals surface area contributed by atoms with E-state index in [1.165, 1.54) is 24.3 Å². The molecule has 2 saturated heterocycles. The number of hydrogen-bond donors (Lipinski definition) is 4. The minimum absolute atomic E-state index is 0.00793. The molecule has 0 aromatic heterocycles. The van der Waals surface area contributed by atoms with Crippen LogP contribution >= 0.6 is 0 Å². The lowest BCUT2D eigenvalue weighted by atomic mass is 9.77. The van der Waals surface area contributed by atoms with Gasteiger partial charge in [-0.05, 0) is 62.0 Å². The molecule has 2 aliphatic heterocycles. The fourth-order valence-corrected chi connectivity index (χ4v) is 3.63. The second-order valence-electron chi connectivity index (χ2n) is 6.94. The Balaban J connectivity index is 1.37. The van der Waals surface area contributed by atoms with Gasteiger partial charge in [0.1, 0.15) is 5.82 Å². The van der Waals surface area contributed by atoms with Crippen molar-refractivity contribution in [2.24, 2.45) is 5.41 Å². The van der Waals surface area contributed by atoms with Crippen molar-refractivity contribution in [3.8, 4) is 0 Å². The van der Waals surface area contributed by atoms with Crippen LogP contribution in [-0.4, -0.2) is 50.6 Å². The maximum atomic E-state index is 12.8. The number of halogens is 1. The lowest BCUT2D eigenvalue weighted by Gasteiger charge is -2.33. The van der Waals surface area contributed by atoms with Crippen LogP contribution in [0, 0.1) is 11.2 Å². The molecule has 1 spiro atoms. The van der Waals surface area contributed by atoms with Gasteiger partial charge in [0.05, 0.1) is 6.04 Å². The van der Waals surface area contributed by atoms with Crippen molar-refractivity contribution >= 4 is 11.8 Å². The quantitative estimate of drug-likeness (QED) is 0.581. The molecule has 0 saturated carbocycles. The second kappa shape index (κ2) is 7.93. The van der Waals surface area contributed by atoms with E-state index in [0.717, 1.165) is 38.9 Å². The van der Waals surface area contributed by atoms with Crippen LogP contribution in [-0.2, 0) is 4.79 Å². The van der Waals surface area contributed by atoms with Gasteiger partial charge in [-0.2, -0.15) is 0 Å². The fourth-order valence-electron chi connectivity index (χ4n) is 3.63. The molecule has 1 aromatic carbocycles. The van der Waals surface area contributed by atoms with Gasteiger partial charge in [0.2, 0.25) is 5.91 Å². The summed E-state index contributed by atoms with van der Waals surface area (Å²) in [5.74, 6) is -0.660. The number of rotatable bonds is 5. The predicted octanol–water partition coefficient (Wildman–Crippen LogP) is 0.403. The normalized spacial score (nSPS) is 21.9. The number of hydrogen-bond acceptors (Lipinski definition) is 4. The number of nitrogens with one attached hydrogen (secondary N) is 4. The Bertz CT molecular complexity index is 614. The van der Waals surface area contributed by atoms with Crippen molar-refractivity contribution in [2.75, 3.05) is 32.7 Å². The molecule has 2 heterocycles. The molecule has 1 atom stereocenters. The Kier molecular flexibility index (Phi) is 5.65. The number of carbonyl (C=O) groups is 2. The van der Waals surface area contributed by atoms with Crippen LogP contribution in [0.5, 0.6) is 0 Å². The number of benzene rings is 1. The Labute approximate surface area is 146 Å². The molecule has 1 aromatic rings. The molecule has 2 fully saturated rings. The molecule has 0 bridgehead atoms. The summed E-state index contributed by atoms with van der Waals surface area (Å²) < 4.78 is 12.8. The topological polar surface area (TPSA) is 82.3 Å². The lowest BCUT2D eigenvalue weighted by molar-refractivity contribution is -0.122. The molecule has 25 heavy (non-hydrogen) atoms. The van der Waals surface area contributed by atoms with Crippen LogP contribution in [0.2, 0.25) is 0 Å². The average molecular weight is 348 g/mol. The molecule has 0 radical (unpaired) electrons. The molecule has 4 N–H and O–H groups in total. The van der Waals surface area contributed by atoms with Crippen LogP contribution in [0.25, 0.3) is 0 Å². The van der Waals surface area contributed by atoms with Crippen LogP contribution in [0.4, 0.5) is 4.39 Å². The van der Waals surface area contributed by atoms with Crippen LogP contribution < -0.4 is 21.3 Å². The highest BCUT2D eigenvalue weighted by Gasteiger charge is 2.41. The standard InChI is InChI=1S/C18H25FN4O2/c19-14-3-1-13(2-4-14)16(24)21-9-10-22-17(25)15-11-18(12-23-15)5-7-20-8-6-18/h1-4,15,20,23H,5-12H2,(H,21,24)(H,22,25)/t15-/m1/s1. The van der Waals surface area contributed by atoms with Crippen molar-refractivity contribution < 1.29 is 14.0 Å². The largest absolute Gasteiger partial charge is 0.353 e. The lowest BCUT2D eigenvalue weighted by Crippen LogP contribution is -2.43. The first-order valence-corrected chi connectivity index (χ1v) is 8.84. The molecule has 6 nitrogen and oxygen atoms in total. The Morgan fingerprint density at radius 3 is 2.52 bits per heavy atom. The second-order valence-corrected chi connectivity index (χ2v) is 6.94. The molecular formula is C18H25FN4O2. The number of amides is 2. The SMILES string of the molecule is O=C(NCCNC(=O)[C@H]1CC2(CCNCC2)CN1)c1ccc(F)cc1. The molecule has 2 aliphatic rings.